The molecule has 0 aliphatic rings. The van der Waals surface area contributed by atoms with Crippen LogP contribution in [0.3, 0.4) is 0 Å². The van der Waals surface area contributed by atoms with Crippen LogP contribution in [-0.4, -0.2) is 37.2 Å². The van der Waals surface area contributed by atoms with E-state index in [0.29, 0.717) is 19.3 Å². The largest absolute Gasteiger partial charge is 0.462 e. The minimum absolute atomic E-state index is 0.0803. The maximum absolute atomic E-state index is 12.9. The molecule has 0 fully saturated rings. The van der Waals surface area contributed by atoms with Crippen LogP contribution in [0, 0.1) is 0 Å². The molecule has 0 saturated heterocycles. The standard InChI is InChI=1S/C76H136O6/c1-4-7-10-13-16-19-22-25-28-30-31-32-33-34-35-36-37-38-39-40-41-42-43-44-45-46-49-51-54-57-60-63-66-69-75(78)81-72-73(71-80-74(77)68-65-62-59-56-53-50-47-27-24-21-18-15-12-9-6-3)82-76(79)70-67-64-61-58-55-52-48-29-26-23-20-17-14-11-8-5-2/h20,22-23,25,27,29-31,33-34,47-48,73H,4-19,21,24,26,28,32,35-46,49-72H2,1-3H3/b23-20-,25-22-,31-30-,34-33-,47-27-,48-29-. The van der Waals surface area contributed by atoms with Gasteiger partial charge in [0.2, 0.25) is 0 Å². The van der Waals surface area contributed by atoms with Crippen LogP contribution in [0.15, 0.2) is 72.9 Å². The van der Waals surface area contributed by atoms with E-state index < -0.39 is 6.10 Å². The van der Waals surface area contributed by atoms with Gasteiger partial charge in [0.25, 0.3) is 0 Å². The summed E-state index contributed by atoms with van der Waals surface area (Å²) in [5.41, 5.74) is 0. The van der Waals surface area contributed by atoms with E-state index in [2.05, 4.69) is 93.7 Å². The second kappa shape index (κ2) is 70.3. The third-order valence-electron chi connectivity index (χ3n) is 15.9. The van der Waals surface area contributed by atoms with Crippen molar-refractivity contribution in [3.8, 4) is 0 Å². The minimum Gasteiger partial charge on any atom is -0.462 e. The van der Waals surface area contributed by atoms with E-state index >= 15 is 0 Å². The van der Waals surface area contributed by atoms with Crippen LogP contribution in [-0.2, 0) is 28.6 Å². The molecule has 0 bridgehead atoms. The lowest BCUT2D eigenvalue weighted by atomic mass is 10.0. The van der Waals surface area contributed by atoms with Gasteiger partial charge in [-0.1, -0.05) is 312 Å². The van der Waals surface area contributed by atoms with E-state index in [1.54, 1.807) is 0 Å². The van der Waals surface area contributed by atoms with Gasteiger partial charge >= 0.3 is 17.9 Å². The highest BCUT2D eigenvalue weighted by atomic mass is 16.6. The Kier molecular flexibility index (Phi) is 67.6. The smallest absolute Gasteiger partial charge is 0.306 e. The van der Waals surface area contributed by atoms with Crippen molar-refractivity contribution in [2.24, 2.45) is 0 Å². The SMILES string of the molecule is CCCCCC/C=C\C/C=C\CCCCCCCC(=O)OC(COC(=O)CCCCCCC/C=C\CCCCCCCC)COC(=O)CCCCCCCCCCCCCCCCCCCC/C=C\C/C=C\C/C=C\CCCCCCC. The predicted octanol–water partition coefficient (Wildman–Crippen LogP) is 24.8. The lowest BCUT2D eigenvalue weighted by Crippen LogP contribution is -2.30. The van der Waals surface area contributed by atoms with Gasteiger partial charge in [-0.15, -0.1) is 0 Å². The zero-order valence-corrected chi connectivity index (χ0v) is 54.8. The summed E-state index contributed by atoms with van der Waals surface area (Å²) in [5, 5.41) is 0. The van der Waals surface area contributed by atoms with Crippen LogP contribution in [0.25, 0.3) is 0 Å². The van der Waals surface area contributed by atoms with Crippen molar-refractivity contribution in [2.45, 2.75) is 380 Å². The molecular formula is C76H136O6. The normalized spacial score (nSPS) is 12.5. The number of hydrogen-bond donors (Lipinski definition) is 0. The van der Waals surface area contributed by atoms with Gasteiger partial charge in [-0.3, -0.25) is 14.4 Å². The number of esters is 3. The molecule has 6 heteroatoms. The number of ether oxygens (including phenoxy) is 3. The minimum atomic E-state index is -0.786. The zero-order chi connectivity index (χ0) is 59.2. The summed E-state index contributed by atoms with van der Waals surface area (Å²) in [6.45, 7) is 6.63. The van der Waals surface area contributed by atoms with Gasteiger partial charge in [0.05, 0.1) is 0 Å². The maximum atomic E-state index is 12.9. The molecule has 6 nitrogen and oxygen atoms in total. The molecule has 1 atom stereocenters. The monoisotopic (exact) mass is 1150 g/mol. The fourth-order valence-electron chi connectivity index (χ4n) is 10.5. The first-order chi connectivity index (χ1) is 40.5. The van der Waals surface area contributed by atoms with Crippen molar-refractivity contribution < 1.29 is 28.6 Å². The lowest BCUT2D eigenvalue weighted by Gasteiger charge is -2.18. The highest BCUT2D eigenvalue weighted by Crippen LogP contribution is 2.17. The average molecular weight is 1150 g/mol. The average Bonchev–Trinajstić information content (AvgIpc) is 3.47. The van der Waals surface area contributed by atoms with Crippen LogP contribution < -0.4 is 0 Å². The Labute approximate surface area is 510 Å². The van der Waals surface area contributed by atoms with Gasteiger partial charge in [-0.25, -0.2) is 0 Å². The van der Waals surface area contributed by atoms with Crippen LogP contribution in [0.2, 0.25) is 0 Å². The van der Waals surface area contributed by atoms with E-state index in [0.717, 1.165) is 103 Å². The van der Waals surface area contributed by atoms with E-state index in [1.165, 1.54) is 231 Å². The molecule has 0 heterocycles. The molecular weight excluding hydrogens is 1010 g/mol. The molecule has 82 heavy (non-hydrogen) atoms. The highest BCUT2D eigenvalue weighted by Gasteiger charge is 2.19. The van der Waals surface area contributed by atoms with Crippen LogP contribution in [0.1, 0.15) is 374 Å². The summed E-state index contributed by atoms with van der Waals surface area (Å²) >= 11 is 0. The van der Waals surface area contributed by atoms with Gasteiger partial charge in [-0.05, 0) is 116 Å². The van der Waals surface area contributed by atoms with E-state index in [9.17, 15) is 14.4 Å². The topological polar surface area (TPSA) is 78.9 Å². The van der Waals surface area contributed by atoms with Crippen LogP contribution in [0.5, 0.6) is 0 Å². The Morgan fingerprint density at radius 3 is 0.707 bits per heavy atom. The molecule has 0 radical (unpaired) electrons. The van der Waals surface area contributed by atoms with E-state index in [1.807, 2.05) is 0 Å². The fourth-order valence-corrected chi connectivity index (χ4v) is 10.5. The number of carbonyl (C=O) groups excluding carboxylic acids is 3. The Balaban J connectivity index is 4.18. The Hall–Kier alpha value is -3.15. The van der Waals surface area contributed by atoms with Crippen molar-refractivity contribution in [3.05, 3.63) is 72.9 Å². The van der Waals surface area contributed by atoms with Gasteiger partial charge in [-0.2, -0.15) is 0 Å². The maximum Gasteiger partial charge on any atom is 0.306 e. The predicted molar refractivity (Wildman–Crippen MR) is 358 cm³/mol. The van der Waals surface area contributed by atoms with Gasteiger partial charge in [0.1, 0.15) is 13.2 Å². The Morgan fingerprint density at radius 1 is 0.244 bits per heavy atom. The fraction of sp³-hybridized carbons (Fsp3) is 0.803. The van der Waals surface area contributed by atoms with Crippen molar-refractivity contribution >= 4 is 17.9 Å². The summed E-state index contributed by atoms with van der Waals surface area (Å²) < 4.78 is 17.0. The van der Waals surface area contributed by atoms with Gasteiger partial charge in [0.15, 0.2) is 6.10 Å². The van der Waals surface area contributed by atoms with Crippen molar-refractivity contribution in [1.29, 1.82) is 0 Å². The summed E-state index contributed by atoms with van der Waals surface area (Å²) in [4.78, 5) is 38.4. The van der Waals surface area contributed by atoms with E-state index in [-0.39, 0.29) is 31.1 Å². The number of hydrogen-bond acceptors (Lipinski definition) is 6. The molecule has 0 aliphatic carbocycles. The molecule has 0 saturated carbocycles. The van der Waals surface area contributed by atoms with E-state index in [4.69, 9.17) is 14.2 Å². The first-order valence-corrected chi connectivity index (χ1v) is 35.9. The van der Waals surface area contributed by atoms with Crippen molar-refractivity contribution in [3.63, 3.8) is 0 Å². The third kappa shape index (κ3) is 67.6. The quantitative estimate of drug-likeness (QED) is 0.0261. The Bertz CT molecular complexity index is 1500. The molecule has 0 amide bonds. The second-order valence-electron chi connectivity index (χ2n) is 24.1. The molecule has 476 valence electrons. The van der Waals surface area contributed by atoms with Crippen LogP contribution >= 0.6 is 0 Å². The zero-order valence-electron chi connectivity index (χ0n) is 54.8. The first kappa shape index (κ1) is 78.8. The van der Waals surface area contributed by atoms with Gasteiger partial charge < -0.3 is 14.2 Å². The molecule has 0 aromatic rings. The molecule has 0 aromatic heterocycles. The summed E-state index contributed by atoms with van der Waals surface area (Å²) in [5.74, 6) is -0.883. The molecule has 0 rings (SSSR count). The van der Waals surface area contributed by atoms with Gasteiger partial charge in [0, 0.05) is 19.3 Å². The molecule has 1 unspecified atom stereocenters. The summed E-state index contributed by atoms with van der Waals surface area (Å²) in [6, 6.07) is 0. The van der Waals surface area contributed by atoms with Crippen LogP contribution in [0.4, 0.5) is 0 Å². The van der Waals surface area contributed by atoms with Crippen molar-refractivity contribution in [1.82, 2.24) is 0 Å². The summed E-state index contributed by atoms with van der Waals surface area (Å²) in [7, 11) is 0. The number of carbonyl (C=O) groups is 3. The molecule has 0 aromatic carbocycles. The number of unbranched alkanes of at least 4 members (excludes halogenated alkanes) is 43. The Morgan fingerprint density at radius 2 is 0.439 bits per heavy atom. The third-order valence-corrected chi connectivity index (χ3v) is 15.9. The lowest BCUT2D eigenvalue weighted by molar-refractivity contribution is -0.167. The second-order valence-corrected chi connectivity index (χ2v) is 24.1. The van der Waals surface area contributed by atoms with Crippen molar-refractivity contribution in [2.75, 3.05) is 13.2 Å². The first-order valence-electron chi connectivity index (χ1n) is 35.9. The number of allylic oxidation sites excluding steroid dienone is 12. The molecule has 0 aliphatic heterocycles. The summed E-state index contributed by atoms with van der Waals surface area (Å²) in [6.07, 6.45) is 92.2. The number of rotatable bonds is 66. The molecule has 0 N–H and O–H groups in total. The molecule has 0 spiro atoms. The highest BCUT2D eigenvalue weighted by molar-refractivity contribution is 5.71.